The molecule has 0 bridgehead atoms. The molecule has 28 heavy (non-hydrogen) atoms. The highest BCUT2D eigenvalue weighted by Crippen LogP contribution is 2.43. The lowest BCUT2D eigenvalue weighted by molar-refractivity contribution is 1.15. The summed E-state index contributed by atoms with van der Waals surface area (Å²) in [4.78, 5) is 3.29. The molecule has 0 fully saturated rings. The van der Waals surface area contributed by atoms with Gasteiger partial charge in [0.1, 0.15) is 0 Å². The summed E-state index contributed by atoms with van der Waals surface area (Å²) < 4.78 is 0. The van der Waals surface area contributed by atoms with Crippen LogP contribution < -0.4 is 0 Å². The summed E-state index contributed by atoms with van der Waals surface area (Å²) in [5.41, 5.74) is 13.9. The Kier molecular flexibility index (Phi) is 4.68. The molecule has 0 spiro atoms. The number of hydrogen-bond donors (Lipinski definition) is 1. The van der Waals surface area contributed by atoms with Crippen LogP contribution in [0.15, 0.2) is 73.5 Å². The molecule has 0 aliphatic heterocycles. The first-order valence-electron chi connectivity index (χ1n) is 9.85. The van der Waals surface area contributed by atoms with E-state index < -0.39 is 0 Å². The number of hydrogen-bond acceptors (Lipinski definition) is 0. The maximum Gasteiger partial charge on any atom is 0.0410 e. The predicted octanol–water partition coefficient (Wildman–Crippen LogP) is 7.07. The molecule has 0 saturated heterocycles. The van der Waals surface area contributed by atoms with E-state index in [1.807, 2.05) is 12.3 Å². The molecule has 140 valence electrons. The predicted molar refractivity (Wildman–Crippen MR) is 121 cm³/mol. The Balaban J connectivity index is 1.86. The molecule has 1 heteroatoms. The van der Waals surface area contributed by atoms with Gasteiger partial charge >= 0.3 is 0 Å². The number of aryl methyl sites for hydroxylation is 3. The van der Waals surface area contributed by atoms with E-state index >= 15 is 0 Å². The Morgan fingerprint density at radius 2 is 1.79 bits per heavy atom. The summed E-state index contributed by atoms with van der Waals surface area (Å²) >= 11 is 0. The minimum atomic E-state index is 0.801. The van der Waals surface area contributed by atoms with Crippen LogP contribution in [-0.4, -0.2) is 4.98 Å². The molecule has 3 aromatic rings. The van der Waals surface area contributed by atoms with Crippen molar-refractivity contribution < 1.29 is 0 Å². The third kappa shape index (κ3) is 3.18. The fraction of sp³-hybridized carbons (Fsp3) is 0.185. The van der Waals surface area contributed by atoms with Crippen molar-refractivity contribution >= 4 is 16.7 Å². The van der Waals surface area contributed by atoms with Crippen LogP contribution in [0.5, 0.6) is 0 Å². The van der Waals surface area contributed by atoms with Gasteiger partial charge in [-0.05, 0) is 101 Å². The maximum atomic E-state index is 4.54. The molecule has 0 radical (unpaired) electrons. The molecule has 4 rings (SSSR count). The third-order valence-electron chi connectivity index (χ3n) is 5.98. The molecule has 2 aromatic carbocycles. The second-order valence-electron chi connectivity index (χ2n) is 7.88. The Labute approximate surface area is 168 Å². The molecule has 1 aromatic heterocycles. The number of aromatic nitrogens is 1. The van der Waals surface area contributed by atoms with Crippen LogP contribution >= 0.6 is 0 Å². The van der Waals surface area contributed by atoms with Gasteiger partial charge in [-0.3, -0.25) is 0 Å². The van der Waals surface area contributed by atoms with E-state index in [2.05, 4.69) is 81.4 Å². The smallest absolute Gasteiger partial charge is 0.0410 e. The van der Waals surface area contributed by atoms with Crippen molar-refractivity contribution in [1.29, 1.82) is 0 Å². The first-order valence-corrected chi connectivity index (χ1v) is 9.85. The SMILES string of the molecule is C=C(CC1=C(c2ccc(C)c(C)c2)Cc2cccc(C)c2C1=C)c1ccc[nH]1. The van der Waals surface area contributed by atoms with E-state index in [0.717, 1.165) is 29.7 Å². The number of aromatic amines is 1. The van der Waals surface area contributed by atoms with E-state index in [-0.39, 0.29) is 0 Å². The lowest BCUT2D eigenvalue weighted by Gasteiger charge is -2.28. The molecule has 0 atom stereocenters. The van der Waals surface area contributed by atoms with Crippen LogP contribution in [0.2, 0.25) is 0 Å². The normalized spacial score (nSPS) is 13.6. The van der Waals surface area contributed by atoms with Crippen LogP contribution in [0, 0.1) is 20.8 Å². The van der Waals surface area contributed by atoms with E-state index in [4.69, 9.17) is 0 Å². The van der Waals surface area contributed by atoms with Gasteiger partial charge in [-0.15, -0.1) is 0 Å². The Hall–Kier alpha value is -3.06. The van der Waals surface area contributed by atoms with Crippen molar-refractivity contribution in [1.82, 2.24) is 4.98 Å². The summed E-state index contributed by atoms with van der Waals surface area (Å²) in [6, 6.07) is 17.5. The van der Waals surface area contributed by atoms with Gasteiger partial charge in [-0.1, -0.05) is 49.6 Å². The van der Waals surface area contributed by atoms with Crippen molar-refractivity contribution in [2.45, 2.75) is 33.6 Å². The van der Waals surface area contributed by atoms with E-state index in [1.165, 1.54) is 44.5 Å². The van der Waals surface area contributed by atoms with Crippen molar-refractivity contribution in [3.05, 3.63) is 113 Å². The van der Waals surface area contributed by atoms with Gasteiger partial charge in [-0.25, -0.2) is 0 Å². The average Bonchev–Trinajstić information content (AvgIpc) is 3.21. The van der Waals surface area contributed by atoms with Gasteiger partial charge in [-0.2, -0.15) is 0 Å². The quantitative estimate of drug-likeness (QED) is 0.509. The van der Waals surface area contributed by atoms with Gasteiger partial charge in [0.2, 0.25) is 0 Å². The van der Waals surface area contributed by atoms with Crippen molar-refractivity contribution in [3.63, 3.8) is 0 Å². The van der Waals surface area contributed by atoms with Crippen LogP contribution in [0.3, 0.4) is 0 Å². The van der Waals surface area contributed by atoms with Crippen LogP contribution in [0.25, 0.3) is 16.7 Å². The maximum absolute atomic E-state index is 4.54. The zero-order chi connectivity index (χ0) is 19.8. The van der Waals surface area contributed by atoms with Gasteiger partial charge in [0.05, 0.1) is 0 Å². The average molecular weight is 366 g/mol. The van der Waals surface area contributed by atoms with Crippen molar-refractivity contribution in [2.24, 2.45) is 0 Å². The Bertz CT molecular complexity index is 1110. The topological polar surface area (TPSA) is 15.8 Å². The highest BCUT2D eigenvalue weighted by molar-refractivity contribution is 5.96. The minimum absolute atomic E-state index is 0.801. The molecular formula is C27H27N. The van der Waals surface area contributed by atoms with E-state index in [0.29, 0.717) is 0 Å². The second kappa shape index (κ2) is 7.16. The molecule has 0 saturated carbocycles. The number of rotatable bonds is 4. The molecular weight excluding hydrogens is 338 g/mol. The van der Waals surface area contributed by atoms with Crippen LogP contribution in [0.4, 0.5) is 0 Å². The van der Waals surface area contributed by atoms with E-state index in [1.54, 1.807) is 0 Å². The minimum Gasteiger partial charge on any atom is -0.361 e. The first kappa shape index (κ1) is 18.3. The molecule has 0 unspecified atom stereocenters. The molecule has 1 aliphatic rings. The van der Waals surface area contributed by atoms with Gasteiger partial charge in [0.15, 0.2) is 0 Å². The number of allylic oxidation sites excluding steroid dienone is 4. The number of benzene rings is 2. The molecule has 1 aliphatic carbocycles. The Morgan fingerprint density at radius 3 is 2.50 bits per heavy atom. The lowest BCUT2D eigenvalue weighted by Crippen LogP contribution is -2.10. The van der Waals surface area contributed by atoms with E-state index in [9.17, 15) is 0 Å². The summed E-state index contributed by atoms with van der Waals surface area (Å²) in [6.07, 6.45) is 3.69. The summed E-state index contributed by atoms with van der Waals surface area (Å²) in [5, 5.41) is 0. The molecule has 1 nitrogen and oxygen atoms in total. The molecule has 0 amide bonds. The standard InChI is InChI=1S/C27H27N/c1-17-11-12-22(14-19(17)3)25-16-23-9-6-8-18(2)27(23)21(5)24(25)15-20(4)26-10-7-13-28-26/h6-14,28H,4-5,15-16H2,1-3H3. The van der Waals surface area contributed by atoms with Gasteiger partial charge in [0.25, 0.3) is 0 Å². The van der Waals surface area contributed by atoms with Crippen molar-refractivity contribution in [2.75, 3.05) is 0 Å². The third-order valence-corrected chi connectivity index (χ3v) is 5.98. The zero-order valence-electron chi connectivity index (χ0n) is 17.0. The lowest BCUT2D eigenvalue weighted by atomic mass is 9.76. The highest BCUT2D eigenvalue weighted by Gasteiger charge is 2.24. The fourth-order valence-electron chi connectivity index (χ4n) is 4.22. The summed E-state index contributed by atoms with van der Waals surface area (Å²) in [5.74, 6) is 0. The van der Waals surface area contributed by atoms with Crippen molar-refractivity contribution in [3.8, 4) is 0 Å². The van der Waals surface area contributed by atoms with Crippen LogP contribution in [-0.2, 0) is 6.42 Å². The zero-order valence-corrected chi connectivity index (χ0v) is 17.0. The number of H-pyrrole nitrogens is 1. The largest absolute Gasteiger partial charge is 0.361 e. The highest BCUT2D eigenvalue weighted by atomic mass is 14.7. The summed E-state index contributed by atoms with van der Waals surface area (Å²) in [6.45, 7) is 15.4. The van der Waals surface area contributed by atoms with Gasteiger partial charge < -0.3 is 4.98 Å². The monoisotopic (exact) mass is 365 g/mol. The summed E-state index contributed by atoms with van der Waals surface area (Å²) in [7, 11) is 0. The van der Waals surface area contributed by atoms with Gasteiger partial charge in [0, 0.05) is 11.9 Å². The second-order valence-corrected chi connectivity index (χ2v) is 7.88. The molecule has 1 heterocycles. The molecule has 1 N–H and O–H groups in total. The number of fused-ring (bicyclic) bond motifs is 1. The van der Waals surface area contributed by atoms with Crippen LogP contribution in [0.1, 0.15) is 45.5 Å². The number of nitrogens with one attached hydrogen (secondary N) is 1. The fourth-order valence-corrected chi connectivity index (χ4v) is 4.22. The Morgan fingerprint density at radius 1 is 0.964 bits per heavy atom. The first-order chi connectivity index (χ1) is 13.5.